The summed E-state index contributed by atoms with van der Waals surface area (Å²) in [6.45, 7) is 0.888. The summed E-state index contributed by atoms with van der Waals surface area (Å²) < 4.78 is 15.2. The summed E-state index contributed by atoms with van der Waals surface area (Å²) >= 11 is 3.47. The van der Waals surface area contributed by atoms with Crippen LogP contribution >= 0.6 is 15.9 Å². The normalized spacial score (nSPS) is 10.9. The van der Waals surface area contributed by atoms with Crippen molar-refractivity contribution in [1.29, 1.82) is 0 Å². The maximum absolute atomic E-state index is 10.2. The van der Waals surface area contributed by atoms with Crippen molar-refractivity contribution in [3.05, 3.63) is 149 Å². The van der Waals surface area contributed by atoms with Gasteiger partial charge in [0.05, 0.1) is 15.7 Å². The molecule has 1 N–H and O–H groups in total. The molecule has 0 fully saturated rings. The highest BCUT2D eigenvalue weighted by Gasteiger charge is 2.19. The van der Waals surface area contributed by atoms with Crippen LogP contribution in [0.4, 0.5) is 0 Å². The Kier molecular flexibility index (Phi) is 7.83. The molecule has 5 nitrogen and oxygen atoms in total. The number of hydrogen-bond acceptors (Lipinski definition) is 4. The third-order valence-corrected chi connectivity index (χ3v) is 7.32. The smallest absolute Gasteiger partial charge is 0.148 e. The van der Waals surface area contributed by atoms with Gasteiger partial charge in [-0.1, -0.05) is 84.9 Å². The molecule has 202 valence electrons. The molecular formula is C35H27BrN2O3. The highest BCUT2D eigenvalue weighted by molar-refractivity contribution is 9.10. The lowest BCUT2D eigenvalue weighted by Gasteiger charge is -2.13. The van der Waals surface area contributed by atoms with Crippen LogP contribution in [0.5, 0.6) is 17.2 Å². The lowest BCUT2D eigenvalue weighted by Crippen LogP contribution is -2.00. The molecule has 0 saturated carbocycles. The lowest BCUT2D eigenvalue weighted by atomic mass is 10.1. The highest BCUT2D eigenvalue weighted by atomic mass is 79.9. The number of imidazole rings is 1. The molecular weight excluding hydrogens is 576 g/mol. The van der Waals surface area contributed by atoms with E-state index in [0.717, 1.165) is 45.1 Å². The van der Waals surface area contributed by atoms with Crippen LogP contribution in [0, 0.1) is 0 Å². The van der Waals surface area contributed by atoms with E-state index in [1.165, 1.54) is 0 Å². The fraction of sp³-hybridized carbons (Fsp3) is 0.0571. The number of para-hydroxylation sites is 2. The highest BCUT2D eigenvalue weighted by Crippen LogP contribution is 2.37. The van der Waals surface area contributed by atoms with E-state index in [1.54, 1.807) is 6.07 Å². The van der Waals surface area contributed by atoms with Crippen molar-refractivity contribution in [3.63, 3.8) is 0 Å². The quantitative estimate of drug-likeness (QED) is 0.179. The molecule has 0 unspecified atom stereocenters. The van der Waals surface area contributed by atoms with Crippen molar-refractivity contribution < 1.29 is 14.6 Å². The van der Waals surface area contributed by atoms with Gasteiger partial charge >= 0.3 is 0 Å². The number of nitrogens with zero attached hydrogens (tertiary/aromatic N) is 2. The van der Waals surface area contributed by atoms with Gasteiger partial charge in [-0.15, -0.1) is 0 Å². The molecule has 0 aliphatic carbocycles. The topological polar surface area (TPSA) is 56.5 Å². The van der Waals surface area contributed by atoms with Crippen molar-refractivity contribution in [3.8, 4) is 45.6 Å². The first-order valence-electron chi connectivity index (χ1n) is 13.3. The minimum atomic E-state index is 0.168. The Balaban J connectivity index is 1.42. The number of hydrogen-bond donors (Lipinski definition) is 1. The third-order valence-electron chi connectivity index (χ3n) is 6.68. The number of aromatic hydroxyl groups is 1. The van der Waals surface area contributed by atoms with Gasteiger partial charge in [-0.05, 0) is 69.5 Å². The van der Waals surface area contributed by atoms with Gasteiger partial charge in [0.1, 0.15) is 36.3 Å². The molecule has 0 aliphatic rings. The molecule has 0 saturated heterocycles. The molecule has 0 bridgehead atoms. The summed E-state index contributed by atoms with van der Waals surface area (Å²) in [5.74, 6) is 2.34. The van der Waals surface area contributed by atoms with Crippen LogP contribution in [-0.4, -0.2) is 14.7 Å². The van der Waals surface area contributed by atoms with E-state index < -0.39 is 0 Å². The Morgan fingerprint density at radius 2 is 1.17 bits per heavy atom. The average Bonchev–Trinajstić information content (AvgIpc) is 3.47. The van der Waals surface area contributed by atoms with Gasteiger partial charge < -0.3 is 14.6 Å². The van der Waals surface area contributed by atoms with E-state index in [9.17, 15) is 5.11 Å². The SMILES string of the molecule is Oc1ccc(-n2cc(-c3ccccc3OCc3ccccc3)nc2-c2ccccc2OCc2ccccc2)cc1Br. The summed E-state index contributed by atoms with van der Waals surface area (Å²) in [6.07, 6.45) is 1.99. The number of phenols is 1. The van der Waals surface area contributed by atoms with E-state index in [4.69, 9.17) is 14.5 Å². The van der Waals surface area contributed by atoms with Gasteiger partial charge in [0.2, 0.25) is 0 Å². The second-order valence-corrected chi connectivity index (χ2v) is 10.4. The van der Waals surface area contributed by atoms with Crippen LogP contribution < -0.4 is 9.47 Å². The first kappa shape index (κ1) is 26.4. The van der Waals surface area contributed by atoms with Crippen molar-refractivity contribution >= 4 is 15.9 Å². The number of benzene rings is 5. The third kappa shape index (κ3) is 6.03. The molecule has 0 radical (unpaired) electrons. The minimum absolute atomic E-state index is 0.168. The molecule has 1 aromatic heterocycles. The summed E-state index contributed by atoms with van der Waals surface area (Å²) in [6, 6.07) is 41.4. The van der Waals surface area contributed by atoms with Gasteiger partial charge in [-0.25, -0.2) is 4.98 Å². The van der Waals surface area contributed by atoms with Crippen molar-refractivity contribution in [1.82, 2.24) is 9.55 Å². The molecule has 6 rings (SSSR count). The van der Waals surface area contributed by atoms with E-state index >= 15 is 0 Å². The average molecular weight is 604 g/mol. The molecule has 0 aliphatic heterocycles. The van der Waals surface area contributed by atoms with Gasteiger partial charge in [0.15, 0.2) is 0 Å². The van der Waals surface area contributed by atoms with Crippen LogP contribution in [0.1, 0.15) is 11.1 Å². The summed E-state index contributed by atoms with van der Waals surface area (Å²) in [4.78, 5) is 5.14. The van der Waals surface area contributed by atoms with Crippen LogP contribution in [0.15, 0.2) is 138 Å². The van der Waals surface area contributed by atoms with Crippen LogP contribution in [0.3, 0.4) is 0 Å². The van der Waals surface area contributed by atoms with Gasteiger partial charge in [-0.3, -0.25) is 4.57 Å². The second-order valence-electron chi connectivity index (χ2n) is 9.50. The number of rotatable bonds is 9. The zero-order valence-corrected chi connectivity index (χ0v) is 23.7. The van der Waals surface area contributed by atoms with Gasteiger partial charge in [0.25, 0.3) is 0 Å². The fourth-order valence-corrected chi connectivity index (χ4v) is 4.96. The lowest BCUT2D eigenvalue weighted by molar-refractivity contribution is 0.307. The first-order chi connectivity index (χ1) is 20.2. The maximum atomic E-state index is 10.2. The summed E-state index contributed by atoms with van der Waals surface area (Å²) in [7, 11) is 0. The number of phenolic OH excluding ortho intramolecular Hbond substituents is 1. The Morgan fingerprint density at radius 1 is 0.634 bits per heavy atom. The number of aromatic nitrogens is 2. The van der Waals surface area contributed by atoms with E-state index in [1.807, 2.05) is 132 Å². The standard InChI is InChI=1S/C35H27BrN2O3/c36-30-21-27(19-20-32(30)39)38-22-31(28-15-7-9-17-33(28)40-23-25-11-3-1-4-12-25)37-35(38)29-16-8-10-18-34(29)41-24-26-13-5-2-6-14-26/h1-22,39H,23-24H2. The van der Waals surface area contributed by atoms with Crippen molar-refractivity contribution in [2.24, 2.45) is 0 Å². The van der Waals surface area contributed by atoms with Crippen molar-refractivity contribution in [2.75, 3.05) is 0 Å². The van der Waals surface area contributed by atoms with Gasteiger partial charge in [-0.2, -0.15) is 0 Å². The Bertz CT molecular complexity index is 1770. The Morgan fingerprint density at radius 3 is 1.78 bits per heavy atom. The van der Waals surface area contributed by atoms with Crippen LogP contribution in [0.2, 0.25) is 0 Å². The van der Waals surface area contributed by atoms with Crippen LogP contribution in [-0.2, 0) is 13.2 Å². The van der Waals surface area contributed by atoms with E-state index in [-0.39, 0.29) is 5.75 Å². The first-order valence-corrected chi connectivity index (χ1v) is 14.1. The van der Waals surface area contributed by atoms with Crippen molar-refractivity contribution in [2.45, 2.75) is 13.2 Å². The minimum Gasteiger partial charge on any atom is -0.507 e. The molecule has 41 heavy (non-hydrogen) atoms. The predicted octanol–water partition coefficient (Wildman–Crippen LogP) is 8.83. The fourth-order valence-electron chi connectivity index (χ4n) is 4.59. The maximum Gasteiger partial charge on any atom is 0.148 e. The number of halogens is 1. The molecule has 0 amide bonds. The largest absolute Gasteiger partial charge is 0.507 e. The molecule has 1 heterocycles. The monoisotopic (exact) mass is 602 g/mol. The second kappa shape index (κ2) is 12.1. The summed E-state index contributed by atoms with van der Waals surface area (Å²) in [5.41, 5.74) is 5.49. The Hall–Kier alpha value is -4.81. The van der Waals surface area contributed by atoms with Gasteiger partial charge in [0, 0.05) is 17.4 Å². The predicted molar refractivity (Wildman–Crippen MR) is 165 cm³/mol. The van der Waals surface area contributed by atoms with E-state index in [0.29, 0.717) is 23.5 Å². The molecule has 6 heteroatoms. The molecule has 0 spiro atoms. The molecule has 0 atom stereocenters. The summed E-state index contributed by atoms with van der Waals surface area (Å²) in [5, 5.41) is 10.2. The zero-order chi connectivity index (χ0) is 28.0. The molecule has 6 aromatic rings. The zero-order valence-electron chi connectivity index (χ0n) is 22.2. The molecule has 5 aromatic carbocycles. The van der Waals surface area contributed by atoms with Crippen LogP contribution in [0.25, 0.3) is 28.3 Å². The Labute approximate surface area is 247 Å². The van der Waals surface area contributed by atoms with E-state index in [2.05, 4.69) is 15.9 Å². The number of ether oxygens (including phenoxy) is 2.